The van der Waals surface area contributed by atoms with E-state index in [1.165, 1.54) is 23.4 Å². The average molecular weight is 302 g/mol. The van der Waals surface area contributed by atoms with Crippen LogP contribution in [0, 0.1) is 0 Å². The molecule has 2 aromatic rings. The van der Waals surface area contributed by atoms with Gasteiger partial charge in [0.15, 0.2) is 0 Å². The molecule has 1 aromatic heterocycles. The van der Waals surface area contributed by atoms with E-state index >= 15 is 0 Å². The van der Waals surface area contributed by atoms with Crippen molar-refractivity contribution < 1.29 is 4.74 Å². The van der Waals surface area contributed by atoms with Gasteiger partial charge in [-0.2, -0.15) is 0 Å². The van der Waals surface area contributed by atoms with Crippen LogP contribution in [0.3, 0.4) is 0 Å². The fourth-order valence-corrected chi connectivity index (χ4v) is 3.04. The van der Waals surface area contributed by atoms with E-state index in [1.54, 1.807) is 11.3 Å². The Balaban J connectivity index is 1.47. The minimum absolute atomic E-state index is 0.555. The van der Waals surface area contributed by atoms with Crippen LogP contribution in [0.15, 0.2) is 29.6 Å². The Hall–Kier alpha value is -1.39. The van der Waals surface area contributed by atoms with Gasteiger partial charge < -0.3 is 10.1 Å². The molecule has 1 aromatic carbocycles. The van der Waals surface area contributed by atoms with Crippen molar-refractivity contribution in [3.63, 3.8) is 0 Å². The van der Waals surface area contributed by atoms with Crippen LogP contribution in [0.2, 0.25) is 0 Å². The van der Waals surface area contributed by atoms with E-state index in [0.717, 1.165) is 36.9 Å². The van der Waals surface area contributed by atoms with Crippen LogP contribution in [-0.4, -0.2) is 11.0 Å². The molecule has 0 saturated heterocycles. The van der Waals surface area contributed by atoms with Gasteiger partial charge in [-0.3, -0.25) is 0 Å². The Kier molecular flexibility index (Phi) is 4.88. The predicted molar refractivity (Wildman–Crippen MR) is 86.7 cm³/mol. The maximum absolute atomic E-state index is 5.80. The van der Waals surface area contributed by atoms with Crippen molar-refractivity contribution in [2.24, 2.45) is 0 Å². The van der Waals surface area contributed by atoms with Gasteiger partial charge in [-0.05, 0) is 43.4 Å². The highest BCUT2D eigenvalue weighted by Crippen LogP contribution is 2.20. The molecule has 1 heterocycles. The predicted octanol–water partition coefficient (Wildman–Crippen LogP) is 3.93. The zero-order chi connectivity index (χ0) is 14.5. The fraction of sp³-hybridized carbons (Fsp3) is 0.471. The van der Waals surface area contributed by atoms with Crippen molar-refractivity contribution in [3.8, 4) is 5.75 Å². The zero-order valence-electron chi connectivity index (χ0n) is 12.5. The summed E-state index contributed by atoms with van der Waals surface area (Å²) in [6.45, 7) is 3.69. The number of nitrogens with one attached hydrogen (secondary N) is 1. The highest BCUT2D eigenvalue weighted by molar-refractivity contribution is 7.09. The molecule has 3 rings (SSSR count). The smallest absolute Gasteiger partial charge is 0.131 e. The second-order valence-electron chi connectivity index (χ2n) is 5.57. The molecular formula is C17H22N2OS. The minimum Gasteiger partial charge on any atom is -0.487 e. The molecule has 0 spiro atoms. The van der Waals surface area contributed by atoms with Crippen LogP contribution in [0.25, 0.3) is 0 Å². The van der Waals surface area contributed by atoms with E-state index in [1.807, 2.05) is 12.1 Å². The van der Waals surface area contributed by atoms with E-state index < -0.39 is 0 Å². The second-order valence-corrected chi connectivity index (χ2v) is 6.51. The first kappa shape index (κ1) is 14.5. The standard InChI is InChI=1S/C17H22N2OS/c1-2-3-17-19-15(12-21-17)11-20-16-8-4-13(5-9-16)10-18-14-6-7-14/h4-5,8-9,12,14,18H,2-3,6-7,10-11H2,1H3. The summed E-state index contributed by atoms with van der Waals surface area (Å²) in [6, 6.07) is 9.11. The molecule has 21 heavy (non-hydrogen) atoms. The molecule has 0 atom stereocenters. The van der Waals surface area contributed by atoms with Gasteiger partial charge in [0.2, 0.25) is 0 Å². The maximum Gasteiger partial charge on any atom is 0.131 e. The van der Waals surface area contributed by atoms with Gasteiger partial charge in [0, 0.05) is 18.0 Å². The van der Waals surface area contributed by atoms with E-state index in [0.29, 0.717) is 6.61 Å². The molecule has 112 valence electrons. The number of aryl methyl sites for hydroxylation is 1. The SMILES string of the molecule is CCCc1nc(COc2ccc(CNC3CC3)cc2)cs1. The monoisotopic (exact) mass is 302 g/mol. The summed E-state index contributed by atoms with van der Waals surface area (Å²) in [5.74, 6) is 0.912. The third kappa shape index (κ3) is 4.55. The lowest BCUT2D eigenvalue weighted by molar-refractivity contribution is 0.302. The normalized spacial score (nSPS) is 14.3. The molecule has 1 N–H and O–H groups in total. The number of hydrogen-bond acceptors (Lipinski definition) is 4. The Bertz CT molecular complexity index is 560. The van der Waals surface area contributed by atoms with Crippen LogP contribution in [-0.2, 0) is 19.6 Å². The summed E-state index contributed by atoms with van der Waals surface area (Å²) in [7, 11) is 0. The number of rotatable bonds is 8. The number of hydrogen-bond donors (Lipinski definition) is 1. The highest BCUT2D eigenvalue weighted by atomic mass is 32.1. The summed E-state index contributed by atoms with van der Waals surface area (Å²) < 4.78 is 5.80. The summed E-state index contributed by atoms with van der Waals surface area (Å²) in [6.07, 6.45) is 4.86. The van der Waals surface area contributed by atoms with Crippen molar-refractivity contribution in [3.05, 3.63) is 45.9 Å². The summed E-state index contributed by atoms with van der Waals surface area (Å²) >= 11 is 1.73. The van der Waals surface area contributed by atoms with Crippen molar-refractivity contribution in [2.75, 3.05) is 0 Å². The first-order valence-electron chi connectivity index (χ1n) is 7.72. The van der Waals surface area contributed by atoms with Gasteiger partial charge in [0.05, 0.1) is 10.7 Å². The van der Waals surface area contributed by atoms with Gasteiger partial charge in [0.1, 0.15) is 12.4 Å². The Morgan fingerprint density at radius 1 is 1.29 bits per heavy atom. The van der Waals surface area contributed by atoms with Crippen molar-refractivity contribution in [2.45, 2.75) is 51.8 Å². The first-order chi connectivity index (χ1) is 10.3. The second kappa shape index (κ2) is 7.05. The summed E-state index contributed by atoms with van der Waals surface area (Å²) in [5.41, 5.74) is 2.34. The molecule has 1 aliphatic carbocycles. The molecule has 0 amide bonds. The number of aromatic nitrogens is 1. The highest BCUT2D eigenvalue weighted by Gasteiger charge is 2.19. The molecular weight excluding hydrogens is 280 g/mol. The maximum atomic E-state index is 5.80. The topological polar surface area (TPSA) is 34.1 Å². The van der Waals surface area contributed by atoms with E-state index in [9.17, 15) is 0 Å². The van der Waals surface area contributed by atoms with E-state index in [4.69, 9.17) is 4.74 Å². The molecule has 0 radical (unpaired) electrons. The number of nitrogens with zero attached hydrogens (tertiary/aromatic N) is 1. The average Bonchev–Trinajstić information content (AvgIpc) is 3.24. The molecule has 3 nitrogen and oxygen atoms in total. The molecule has 1 fully saturated rings. The third-order valence-corrected chi connectivity index (χ3v) is 4.50. The lowest BCUT2D eigenvalue weighted by Gasteiger charge is -2.06. The van der Waals surface area contributed by atoms with Gasteiger partial charge >= 0.3 is 0 Å². The van der Waals surface area contributed by atoms with Gasteiger partial charge in [-0.1, -0.05) is 19.1 Å². The van der Waals surface area contributed by atoms with E-state index in [2.05, 4.69) is 34.7 Å². The summed E-state index contributed by atoms with van der Waals surface area (Å²) in [5, 5.41) is 6.82. The van der Waals surface area contributed by atoms with Gasteiger partial charge in [-0.25, -0.2) is 4.98 Å². The molecule has 0 bridgehead atoms. The number of ether oxygens (including phenoxy) is 1. The van der Waals surface area contributed by atoms with Gasteiger partial charge in [-0.15, -0.1) is 11.3 Å². The van der Waals surface area contributed by atoms with Crippen LogP contribution < -0.4 is 10.1 Å². The minimum atomic E-state index is 0.555. The Morgan fingerprint density at radius 2 is 2.10 bits per heavy atom. The lowest BCUT2D eigenvalue weighted by atomic mass is 10.2. The molecule has 1 saturated carbocycles. The van der Waals surface area contributed by atoms with Crippen molar-refractivity contribution >= 4 is 11.3 Å². The number of thiazole rings is 1. The van der Waals surface area contributed by atoms with Crippen LogP contribution in [0.4, 0.5) is 0 Å². The van der Waals surface area contributed by atoms with Crippen molar-refractivity contribution in [1.82, 2.24) is 10.3 Å². The Morgan fingerprint density at radius 3 is 2.81 bits per heavy atom. The van der Waals surface area contributed by atoms with E-state index in [-0.39, 0.29) is 0 Å². The Labute approximate surface area is 130 Å². The molecule has 1 aliphatic rings. The summed E-state index contributed by atoms with van der Waals surface area (Å²) in [4.78, 5) is 4.57. The van der Waals surface area contributed by atoms with Crippen LogP contribution in [0.1, 0.15) is 42.5 Å². The molecule has 0 unspecified atom stereocenters. The first-order valence-corrected chi connectivity index (χ1v) is 8.60. The van der Waals surface area contributed by atoms with Crippen LogP contribution >= 0.6 is 11.3 Å². The lowest BCUT2D eigenvalue weighted by Crippen LogP contribution is -2.15. The largest absolute Gasteiger partial charge is 0.487 e. The molecule has 4 heteroatoms. The molecule has 0 aliphatic heterocycles. The van der Waals surface area contributed by atoms with Crippen molar-refractivity contribution in [1.29, 1.82) is 0 Å². The van der Waals surface area contributed by atoms with Crippen LogP contribution in [0.5, 0.6) is 5.75 Å². The van der Waals surface area contributed by atoms with Gasteiger partial charge in [0.25, 0.3) is 0 Å². The zero-order valence-corrected chi connectivity index (χ0v) is 13.3. The fourth-order valence-electron chi connectivity index (χ4n) is 2.15. The quantitative estimate of drug-likeness (QED) is 0.802. The number of benzene rings is 1. The third-order valence-electron chi connectivity index (χ3n) is 3.55.